The van der Waals surface area contributed by atoms with E-state index in [4.69, 9.17) is 19.2 Å². The first-order valence-corrected chi connectivity index (χ1v) is 16.7. The quantitative estimate of drug-likeness (QED) is 0.233. The van der Waals surface area contributed by atoms with Gasteiger partial charge in [-0.25, -0.2) is 14.8 Å². The second-order valence-corrected chi connectivity index (χ2v) is 13.3. The van der Waals surface area contributed by atoms with Crippen LogP contribution in [0.2, 0.25) is 0 Å². The van der Waals surface area contributed by atoms with E-state index in [0.717, 1.165) is 52.4 Å². The average molecular weight is 654 g/mol. The molecule has 0 aliphatic carbocycles. The first-order valence-electron chi connectivity index (χ1n) is 16.7. The van der Waals surface area contributed by atoms with Crippen molar-refractivity contribution < 1.29 is 23.8 Å². The van der Waals surface area contributed by atoms with E-state index < -0.39 is 24.0 Å². The van der Waals surface area contributed by atoms with Crippen molar-refractivity contribution in [3.63, 3.8) is 0 Å². The standard InChI is InChI=1S/C36H43N7O5/c1-22(2)31(41-35(45)46-4)34(44)43-21-36(47-16-17-48-36)18-30(43)33-38-20-28(40-33)26-13-9-24(10-14-26)23-7-11-25(12-8-23)27-19-37-32(39-27)29-6-5-15-42(29)3/h7-14,19-20,22,29-31H,5-6,15-18,21H2,1-4H3,(H,37,39)(H,38,40)(H,41,45)/t29?,30-,31?/m0/s1. The number of amides is 2. The Morgan fingerprint density at radius 3 is 1.94 bits per heavy atom. The number of hydrogen-bond donors (Lipinski definition) is 3. The predicted octanol–water partition coefficient (Wildman–Crippen LogP) is 5.30. The summed E-state index contributed by atoms with van der Waals surface area (Å²) in [7, 11) is 3.44. The summed E-state index contributed by atoms with van der Waals surface area (Å²) in [4.78, 5) is 46.4. The molecule has 1 spiro atoms. The molecule has 12 nitrogen and oxygen atoms in total. The van der Waals surface area contributed by atoms with Gasteiger partial charge in [0.1, 0.15) is 17.7 Å². The zero-order valence-electron chi connectivity index (χ0n) is 27.9. The fraction of sp³-hybridized carbons (Fsp3) is 0.444. The highest BCUT2D eigenvalue weighted by atomic mass is 16.7. The van der Waals surface area contributed by atoms with Gasteiger partial charge in [0.15, 0.2) is 5.79 Å². The molecular formula is C36H43N7O5. The molecule has 3 atom stereocenters. The number of rotatable bonds is 8. The molecule has 0 bridgehead atoms. The Labute approximate surface area is 280 Å². The summed E-state index contributed by atoms with van der Waals surface area (Å²) in [5.74, 6) is 0.372. The maximum atomic E-state index is 13.9. The minimum Gasteiger partial charge on any atom is -0.453 e. The van der Waals surface area contributed by atoms with E-state index in [1.165, 1.54) is 13.5 Å². The number of benzene rings is 2. The van der Waals surface area contributed by atoms with E-state index >= 15 is 0 Å². The second-order valence-electron chi connectivity index (χ2n) is 13.3. The van der Waals surface area contributed by atoms with Crippen LogP contribution < -0.4 is 5.32 Å². The summed E-state index contributed by atoms with van der Waals surface area (Å²) in [5, 5.41) is 2.70. The van der Waals surface area contributed by atoms with Gasteiger partial charge < -0.3 is 34.4 Å². The van der Waals surface area contributed by atoms with Crippen LogP contribution in [0.25, 0.3) is 33.6 Å². The number of imidazole rings is 2. The topological polar surface area (TPSA) is 138 Å². The van der Waals surface area contributed by atoms with Gasteiger partial charge in [-0.3, -0.25) is 9.69 Å². The maximum Gasteiger partial charge on any atom is 0.407 e. The molecule has 12 heteroatoms. The predicted molar refractivity (Wildman–Crippen MR) is 180 cm³/mol. The van der Waals surface area contributed by atoms with Gasteiger partial charge >= 0.3 is 6.09 Å². The molecule has 2 unspecified atom stereocenters. The monoisotopic (exact) mass is 653 g/mol. The van der Waals surface area contributed by atoms with Crippen molar-refractivity contribution in [2.75, 3.05) is 40.5 Å². The number of nitrogens with one attached hydrogen (secondary N) is 3. The Bertz CT molecular complexity index is 1740. The number of likely N-dealkylation sites (tertiary alicyclic amines) is 2. The molecule has 2 aromatic heterocycles. The Morgan fingerprint density at radius 1 is 0.896 bits per heavy atom. The third kappa shape index (κ3) is 6.23. The average Bonchev–Trinajstić information content (AvgIpc) is 3.95. The van der Waals surface area contributed by atoms with Gasteiger partial charge in [-0.15, -0.1) is 0 Å². The van der Waals surface area contributed by atoms with Crippen molar-refractivity contribution in [2.45, 2.75) is 57.0 Å². The van der Waals surface area contributed by atoms with E-state index in [0.29, 0.717) is 31.5 Å². The number of aromatic amines is 2. The molecule has 4 aromatic rings. The molecule has 5 heterocycles. The van der Waals surface area contributed by atoms with Gasteiger partial charge in [0.05, 0.1) is 62.7 Å². The molecule has 3 saturated heterocycles. The number of nitrogens with zero attached hydrogens (tertiary/aromatic N) is 4. The largest absolute Gasteiger partial charge is 0.453 e. The fourth-order valence-corrected chi connectivity index (χ4v) is 7.14. The first-order chi connectivity index (χ1) is 23.2. The van der Waals surface area contributed by atoms with Crippen LogP contribution in [0.5, 0.6) is 0 Å². The molecule has 3 N–H and O–H groups in total. The van der Waals surface area contributed by atoms with Crippen LogP contribution in [0, 0.1) is 5.92 Å². The zero-order chi connectivity index (χ0) is 33.4. The van der Waals surface area contributed by atoms with Gasteiger partial charge in [0.2, 0.25) is 5.91 Å². The van der Waals surface area contributed by atoms with Gasteiger partial charge in [-0.2, -0.15) is 0 Å². The summed E-state index contributed by atoms with van der Waals surface area (Å²) in [5.41, 5.74) is 6.17. The Hall–Kier alpha value is -4.52. The number of hydrogen-bond acceptors (Lipinski definition) is 8. The van der Waals surface area contributed by atoms with Crippen molar-refractivity contribution in [3.8, 4) is 33.6 Å². The van der Waals surface area contributed by atoms with E-state index in [-0.39, 0.29) is 18.4 Å². The number of alkyl carbamates (subject to hydrolysis) is 1. The lowest BCUT2D eigenvalue weighted by Crippen LogP contribution is -2.52. The number of aromatic nitrogens is 4. The summed E-state index contributed by atoms with van der Waals surface area (Å²) >= 11 is 0. The van der Waals surface area contributed by atoms with E-state index in [1.807, 2.05) is 20.0 Å². The molecule has 48 heavy (non-hydrogen) atoms. The number of carbonyl (C=O) groups excluding carboxylic acids is 2. The van der Waals surface area contributed by atoms with Crippen LogP contribution in [0.15, 0.2) is 60.9 Å². The molecule has 2 aromatic carbocycles. The highest BCUT2D eigenvalue weighted by molar-refractivity contribution is 5.86. The number of H-pyrrole nitrogens is 2. The van der Waals surface area contributed by atoms with Crippen molar-refractivity contribution in [2.24, 2.45) is 5.92 Å². The Balaban J connectivity index is 1.07. The van der Waals surface area contributed by atoms with Crippen LogP contribution >= 0.6 is 0 Å². The van der Waals surface area contributed by atoms with Gasteiger partial charge in [0.25, 0.3) is 0 Å². The van der Waals surface area contributed by atoms with Gasteiger partial charge in [-0.05, 0) is 54.6 Å². The first kappa shape index (κ1) is 32.0. The van der Waals surface area contributed by atoms with Crippen LogP contribution in [0.3, 0.4) is 0 Å². The van der Waals surface area contributed by atoms with Crippen molar-refractivity contribution in [1.82, 2.24) is 35.1 Å². The Kier molecular flexibility index (Phi) is 8.80. The lowest BCUT2D eigenvalue weighted by molar-refractivity contribution is -0.153. The van der Waals surface area contributed by atoms with E-state index in [1.54, 1.807) is 11.1 Å². The highest BCUT2D eigenvalue weighted by Gasteiger charge is 2.52. The summed E-state index contributed by atoms with van der Waals surface area (Å²) in [6, 6.07) is 16.0. The maximum absolute atomic E-state index is 13.9. The molecule has 3 aliphatic rings. The van der Waals surface area contributed by atoms with Crippen LogP contribution in [0.4, 0.5) is 4.79 Å². The molecule has 0 saturated carbocycles. The molecule has 2 amide bonds. The third-order valence-corrected chi connectivity index (χ3v) is 9.85. The Morgan fingerprint density at radius 2 is 1.44 bits per heavy atom. The SMILES string of the molecule is COC(=O)NC(C(=O)N1CC2(C[C@H]1c1ncc(-c3ccc(-c4ccc(-c5cnc(C6CCCN6C)[nH]5)cc4)cc3)[nH]1)OCCO2)C(C)C. The minimum absolute atomic E-state index is 0.164. The van der Waals surface area contributed by atoms with Gasteiger partial charge in [0, 0.05) is 6.42 Å². The lowest BCUT2D eigenvalue weighted by atomic mass is 10.0. The molecule has 7 rings (SSSR count). The minimum atomic E-state index is -0.899. The summed E-state index contributed by atoms with van der Waals surface area (Å²) in [6.07, 6.45) is 5.84. The van der Waals surface area contributed by atoms with Crippen molar-refractivity contribution in [3.05, 3.63) is 72.6 Å². The van der Waals surface area contributed by atoms with Crippen LogP contribution in [-0.4, -0.2) is 94.0 Å². The smallest absolute Gasteiger partial charge is 0.407 e. The molecule has 3 fully saturated rings. The zero-order valence-corrected chi connectivity index (χ0v) is 27.9. The number of methoxy groups -OCH3 is 1. The van der Waals surface area contributed by atoms with Crippen LogP contribution in [-0.2, 0) is 19.0 Å². The highest BCUT2D eigenvalue weighted by Crippen LogP contribution is 2.43. The molecule has 0 radical (unpaired) electrons. The van der Waals surface area contributed by atoms with E-state index in [2.05, 4.69) is 80.7 Å². The third-order valence-electron chi connectivity index (χ3n) is 9.85. The molecule has 252 valence electrons. The van der Waals surface area contributed by atoms with Crippen LogP contribution in [0.1, 0.15) is 56.8 Å². The number of carbonyl (C=O) groups is 2. The van der Waals surface area contributed by atoms with E-state index in [9.17, 15) is 9.59 Å². The summed E-state index contributed by atoms with van der Waals surface area (Å²) < 4.78 is 16.8. The number of ether oxygens (including phenoxy) is 3. The normalized spacial score (nSPS) is 21.3. The molecule has 3 aliphatic heterocycles. The lowest BCUT2D eigenvalue weighted by Gasteiger charge is -2.30. The van der Waals surface area contributed by atoms with Crippen molar-refractivity contribution in [1.29, 1.82) is 0 Å². The molecular weight excluding hydrogens is 610 g/mol. The summed E-state index contributed by atoms with van der Waals surface area (Å²) in [6.45, 7) is 6.04. The fourth-order valence-electron chi connectivity index (χ4n) is 7.14. The van der Waals surface area contributed by atoms with Crippen molar-refractivity contribution >= 4 is 12.0 Å². The van der Waals surface area contributed by atoms with Gasteiger partial charge in [-0.1, -0.05) is 62.4 Å². The second kappa shape index (κ2) is 13.2.